The Morgan fingerprint density at radius 3 is 2.27 bits per heavy atom. The summed E-state index contributed by atoms with van der Waals surface area (Å²) in [4.78, 5) is 0. The van der Waals surface area contributed by atoms with Gasteiger partial charge in [0.25, 0.3) is 0 Å². The summed E-state index contributed by atoms with van der Waals surface area (Å²) >= 11 is 0. The van der Waals surface area contributed by atoms with Gasteiger partial charge in [-0.05, 0) is 24.1 Å². The summed E-state index contributed by atoms with van der Waals surface area (Å²) in [5, 5.41) is 0. The first kappa shape index (κ1) is 11.8. The van der Waals surface area contributed by atoms with Crippen LogP contribution >= 0.6 is 0 Å². The summed E-state index contributed by atoms with van der Waals surface area (Å²) in [5.74, 6) is 0.0706. The molecule has 1 aromatic rings. The molecule has 0 heterocycles. The number of halogens is 3. The molecule has 0 aliphatic heterocycles. The van der Waals surface area contributed by atoms with Crippen molar-refractivity contribution >= 4 is 0 Å². The fourth-order valence-corrected chi connectivity index (χ4v) is 1.18. The molecular formula is C10H12F3NO. The summed E-state index contributed by atoms with van der Waals surface area (Å²) < 4.78 is 39.7. The van der Waals surface area contributed by atoms with Gasteiger partial charge in [-0.15, -0.1) is 0 Å². The van der Waals surface area contributed by atoms with Crippen molar-refractivity contribution in [2.45, 2.75) is 19.1 Å². The summed E-state index contributed by atoms with van der Waals surface area (Å²) in [6.07, 6.45) is 0.217. The first-order valence-electron chi connectivity index (χ1n) is 4.50. The van der Waals surface area contributed by atoms with Gasteiger partial charge in [-0.1, -0.05) is 12.1 Å². The minimum absolute atomic E-state index is 0.0706. The molecule has 0 saturated heterocycles. The van der Waals surface area contributed by atoms with Crippen LogP contribution in [0.15, 0.2) is 24.3 Å². The lowest BCUT2D eigenvalue weighted by Crippen LogP contribution is -2.11. The SMILES string of the molecule is N[C@@H](CCF)c1ccc(OC(F)F)cc1. The van der Waals surface area contributed by atoms with Crippen LogP contribution in [-0.4, -0.2) is 13.3 Å². The standard InChI is InChI=1S/C10H12F3NO/c11-6-5-9(14)7-1-3-8(4-2-7)15-10(12)13/h1-4,9-10H,5-6,14H2/t9-/m0/s1. The summed E-state index contributed by atoms with van der Waals surface area (Å²) in [7, 11) is 0. The van der Waals surface area contributed by atoms with Crippen LogP contribution in [0.25, 0.3) is 0 Å². The Morgan fingerprint density at radius 2 is 1.80 bits per heavy atom. The number of hydrogen-bond acceptors (Lipinski definition) is 2. The second-order valence-corrected chi connectivity index (χ2v) is 3.03. The van der Waals surface area contributed by atoms with Gasteiger partial charge in [0.05, 0.1) is 6.67 Å². The van der Waals surface area contributed by atoms with Gasteiger partial charge in [-0.3, -0.25) is 4.39 Å². The highest BCUT2D eigenvalue weighted by Crippen LogP contribution is 2.19. The third-order valence-corrected chi connectivity index (χ3v) is 1.95. The van der Waals surface area contributed by atoms with E-state index in [2.05, 4.69) is 4.74 Å². The molecular weight excluding hydrogens is 207 g/mol. The largest absolute Gasteiger partial charge is 0.435 e. The van der Waals surface area contributed by atoms with Crippen LogP contribution in [-0.2, 0) is 0 Å². The molecule has 0 radical (unpaired) electrons. The van der Waals surface area contributed by atoms with E-state index in [1.165, 1.54) is 12.1 Å². The second kappa shape index (κ2) is 5.60. The maximum absolute atomic E-state index is 12.0. The molecule has 1 rings (SSSR count). The molecule has 0 saturated carbocycles. The lowest BCUT2D eigenvalue weighted by Gasteiger charge is -2.10. The van der Waals surface area contributed by atoms with E-state index >= 15 is 0 Å². The van der Waals surface area contributed by atoms with Crippen molar-refractivity contribution in [3.8, 4) is 5.75 Å². The molecule has 1 aromatic carbocycles. The molecule has 0 unspecified atom stereocenters. The lowest BCUT2D eigenvalue weighted by molar-refractivity contribution is -0.0498. The molecule has 0 aliphatic rings. The molecule has 0 bridgehead atoms. The van der Waals surface area contributed by atoms with E-state index in [1.54, 1.807) is 12.1 Å². The van der Waals surface area contributed by atoms with Gasteiger partial charge in [0.1, 0.15) is 5.75 Å². The fourth-order valence-electron chi connectivity index (χ4n) is 1.18. The zero-order chi connectivity index (χ0) is 11.3. The zero-order valence-corrected chi connectivity index (χ0v) is 8.00. The van der Waals surface area contributed by atoms with Crippen LogP contribution in [0.1, 0.15) is 18.0 Å². The normalized spacial score (nSPS) is 12.9. The number of nitrogens with two attached hydrogens (primary N) is 1. The molecule has 2 nitrogen and oxygen atoms in total. The van der Waals surface area contributed by atoms with Gasteiger partial charge >= 0.3 is 6.61 Å². The zero-order valence-electron chi connectivity index (χ0n) is 8.00. The Morgan fingerprint density at radius 1 is 1.20 bits per heavy atom. The fraction of sp³-hybridized carbons (Fsp3) is 0.400. The van der Waals surface area contributed by atoms with Gasteiger partial charge in [0, 0.05) is 6.04 Å². The van der Waals surface area contributed by atoms with Crippen LogP contribution in [0.3, 0.4) is 0 Å². The Kier molecular flexibility index (Phi) is 4.42. The van der Waals surface area contributed by atoms with E-state index in [0.717, 1.165) is 0 Å². The third kappa shape index (κ3) is 3.79. The summed E-state index contributed by atoms with van der Waals surface area (Å²) in [6.45, 7) is -3.34. The molecule has 2 N–H and O–H groups in total. The van der Waals surface area contributed by atoms with Crippen molar-refractivity contribution in [3.63, 3.8) is 0 Å². The first-order valence-corrected chi connectivity index (χ1v) is 4.50. The number of rotatable bonds is 5. The van der Waals surface area contributed by atoms with Crippen LogP contribution in [0.5, 0.6) is 5.75 Å². The molecule has 0 aliphatic carbocycles. The van der Waals surface area contributed by atoms with Gasteiger partial charge < -0.3 is 10.5 Å². The monoisotopic (exact) mass is 219 g/mol. The Labute approximate surface area is 85.8 Å². The number of hydrogen-bond donors (Lipinski definition) is 1. The highest BCUT2D eigenvalue weighted by Gasteiger charge is 2.07. The van der Waals surface area contributed by atoms with E-state index in [0.29, 0.717) is 5.56 Å². The van der Waals surface area contributed by atoms with Gasteiger partial charge in [0.2, 0.25) is 0 Å². The molecule has 0 spiro atoms. The highest BCUT2D eigenvalue weighted by atomic mass is 19.3. The van der Waals surface area contributed by atoms with Crippen molar-refractivity contribution in [3.05, 3.63) is 29.8 Å². The van der Waals surface area contributed by atoms with Crippen LogP contribution in [0.2, 0.25) is 0 Å². The van der Waals surface area contributed by atoms with Gasteiger partial charge in [-0.2, -0.15) is 8.78 Å². The molecule has 84 valence electrons. The lowest BCUT2D eigenvalue weighted by atomic mass is 10.1. The average molecular weight is 219 g/mol. The molecule has 0 aromatic heterocycles. The summed E-state index contributed by atoms with van der Waals surface area (Å²) in [6, 6.07) is 5.48. The van der Waals surface area contributed by atoms with E-state index in [4.69, 9.17) is 5.73 Å². The number of benzene rings is 1. The molecule has 15 heavy (non-hydrogen) atoms. The predicted molar refractivity (Wildman–Crippen MR) is 50.6 cm³/mol. The maximum atomic E-state index is 12.0. The second-order valence-electron chi connectivity index (χ2n) is 3.03. The van der Waals surface area contributed by atoms with Crippen LogP contribution < -0.4 is 10.5 Å². The van der Waals surface area contributed by atoms with Gasteiger partial charge in [0.15, 0.2) is 0 Å². The minimum atomic E-state index is -2.84. The van der Waals surface area contributed by atoms with Crippen molar-refractivity contribution in [1.29, 1.82) is 0 Å². The Bertz CT molecular complexity index is 289. The third-order valence-electron chi connectivity index (χ3n) is 1.95. The smallest absolute Gasteiger partial charge is 0.387 e. The number of alkyl halides is 3. The molecule has 5 heteroatoms. The Balaban J connectivity index is 2.63. The van der Waals surface area contributed by atoms with E-state index in [1.807, 2.05) is 0 Å². The summed E-state index contributed by atoms with van der Waals surface area (Å²) in [5.41, 5.74) is 6.33. The topological polar surface area (TPSA) is 35.2 Å². The van der Waals surface area contributed by atoms with Crippen molar-refractivity contribution in [2.75, 3.05) is 6.67 Å². The predicted octanol–water partition coefficient (Wildman–Crippen LogP) is 2.65. The quantitative estimate of drug-likeness (QED) is 0.826. The molecule has 0 fully saturated rings. The molecule has 0 amide bonds. The Hall–Kier alpha value is -1.23. The minimum Gasteiger partial charge on any atom is -0.435 e. The van der Waals surface area contributed by atoms with Crippen LogP contribution in [0.4, 0.5) is 13.2 Å². The van der Waals surface area contributed by atoms with Crippen LogP contribution in [0, 0.1) is 0 Å². The van der Waals surface area contributed by atoms with E-state index in [9.17, 15) is 13.2 Å². The molecule has 1 atom stereocenters. The highest BCUT2D eigenvalue weighted by molar-refractivity contribution is 5.29. The maximum Gasteiger partial charge on any atom is 0.387 e. The number of ether oxygens (including phenoxy) is 1. The first-order chi connectivity index (χ1) is 7.13. The van der Waals surface area contributed by atoms with Crippen molar-refractivity contribution < 1.29 is 17.9 Å². The van der Waals surface area contributed by atoms with E-state index < -0.39 is 19.3 Å². The average Bonchev–Trinajstić information content (AvgIpc) is 2.18. The van der Waals surface area contributed by atoms with Crippen molar-refractivity contribution in [2.24, 2.45) is 5.73 Å². The van der Waals surface area contributed by atoms with Crippen molar-refractivity contribution in [1.82, 2.24) is 0 Å². The van der Waals surface area contributed by atoms with E-state index in [-0.39, 0.29) is 12.2 Å². The van der Waals surface area contributed by atoms with Gasteiger partial charge in [-0.25, -0.2) is 0 Å².